The molecule has 0 spiro atoms. The average molecular weight is 303 g/mol. The summed E-state index contributed by atoms with van der Waals surface area (Å²) in [7, 11) is 2.19. The predicted molar refractivity (Wildman–Crippen MR) is 86.9 cm³/mol. The molecule has 1 heterocycles. The van der Waals surface area contributed by atoms with Crippen LogP contribution in [0.3, 0.4) is 0 Å². The molecule has 0 saturated heterocycles. The topological polar surface area (TPSA) is 29.3 Å². The molecule has 19 heavy (non-hydrogen) atoms. The summed E-state index contributed by atoms with van der Waals surface area (Å²) in [6.07, 6.45) is 3.45. The van der Waals surface area contributed by atoms with Crippen molar-refractivity contribution in [2.45, 2.75) is 52.1 Å². The van der Waals surface area contributed by atoms with Gasteiger partial charge in [0, 0.05) is 23.5 Å². The smallest absolute Gasteiger partial charge is 0.0931 e. The van der Waals surface area contributed by atoms with Gasteiger partial charge in [0.05, 0.1) is 4.34 Å². The molecule has 0 aliphatic carbocycles. The minimum absolute atomic E-state index is 0.103. The van der Waals surface area contributed by atoms with Crippen LogP contribution in [0.1, 0.15) is 44.9 Å². The van der Waals surface area contributed by atoms with Crippen LogP contribution in [-0.2, 0) is 6.54 Å². The summed E-state index contributed by atoms with van der Waals surface area (Å²) in [5.41, 5.74) is 6.22. The van der Waals surface area contributed by atoms with Crippen molar-refractivity contribution < 1.29 is 0 Å². The summed E-state index contributed by atoms with van der Waals surface area (Å²) in [4.78, 5) is 3.73. The summed E-state index contributed by atoms with van der Waals surface area (Å²) in [5, 5.41) is 0. The maximum absolute atomic E-state index is 6.12. The van der Waals surface area contributed by atoms with Crippen molar-refractivity contribution in [1.82, 2.24) is 4.90 Å². The molecule has 0 aliphatic heterocycles. The second-order valence-corrected chi connectivity index (χ2v) is 7.36. The zero-order valence-corrected chi connectivity index (χ0v) is 14.2. The molecule has 0 saturated carbocycles. The quantitative estimate of drug-likeness (QED) is 0.772. The highest BCUT2D eigenvalue weighted by Gasteiger charge is 2.32. The van der Waals surface area contributed by atoms with Crippen molar-refractivity contribution in [3.63, 3.8) is 0 Å². The van der Waals surface area contributed by atoms with E-state index in [1.54, 1.807) is 11.3 Å². The Hall–Kier alpha value is -0.0900. The maximum atomic E-state index is 6.12. The van der Waals surface area contributed by atoms with Crippen molar-refractivity contribution in [1.29, 1.82) is 0 Å². The van der Waals surface area contributed by atoms with Gasteiger partial charge in [-0.1, -0.05) is 38.8 Å². The second-order valence-electron chi connectivity index (χ2n) is 5.56. The van der Waals surface area contributed by atoms with Gasteiger partial charge in [-0.05, 0) is 37.9 Å². The molecule has 2 atom stereocenters. The van der Waals surface area contributed by atoms with E-state index in [-0.39, 0.29) is 5.54 Å². The van der Waals surface area contributed by atoms with E-state index in [1.807, 2.05) is 6.07 Å². The summed E-state index contributed by atoms with van der Waals surface area (Å²) in [6, 6.07) is 4.09. The van der Waals surface area contributed by atoms with E-state index < -0.39 is 0 Å². The fourth-order valence-corrected chi connectivity index (χ4v) is 3.73. The van der Waals surface area contributed by atoms with E-state index in [4.69, 9.17) is 17.3 Å². The molecule has 0 amide bonds. The largest absolute Gasteiger partial charge is 0.329 e. The van der Waals surface area contributed by atoms with Crippen LogP contribution in [0.4, 0.5) is 0 Å². The molecule has 110 valence electrons. The molecule has 1 rings (SSSR count). The van der Waals surface area contributed by atoms with E-state index in [0.29, 0.717) is 12.5 Å². The molecule has 0 bridgehead atoms. The van der Waals surface area contributed by atoms with Crippen molar-refractivity contribution in [2.24, 2.45) is 11.7 Å². The van der Waals surface area contributed by atoms with Crippen LogP contribution in [0.25, 0.3) is 0 Å². The van der Waals surface area contributed by atoms with Crippen LogP contribution in [0.15, 0.2) is 12.1 Å². The predicted octanol–water partition coefficient (Wildman–Crippen LogP) is 4.38. The number of thiophene rings is 1. The molecule has 0 fully saturated rings. The standard InChI is InChI=1S/C15H27ClN2S/c1-5-12(3)9-15(6-2,11-17)18(4)10-13-7-8-14(16)19-13/h7-8,12H,5-6,9-11,17H2,1-4H3. The van der Waals surface area contributed by atoms with Gasteiger partial charge < -0.3 is 5.73 Å². The van der Waals surface area contributed by atoms with E-state index in [9.17, 15) is 0 Å². The number of hydrogen-bond acceptors (Lipinski definition) is 3. The minimum atomic E-state index is 0.103. The lowest BCUT2D eigenvalue weighted by Crippen LogP contribution is -2.52. The number of hydrogen-bond donors (Lipinski definition) is 1. The SMILES string of the molecule is CCC(C)CC(CC)(CN)N(C)Cc1ccc(Cl)s1. The Morgan fingerprint density at radius 3 is 2.53 bits per heavy atom. The third kappa shape index (κ3) is 4.45. The van der Waals surface area contributed by atoms with E-state index in [0.717, 1.165) is 23.7 Å². The molecule has 2 nitrogen and oxygen atoms in total. The minimum Gasteiger partial charge on any atom is -0.329 e. The monoisotopic (exact) mass is 302 g/mol. The highest BCUT2D eigenvalue weighted by atomic mass is 35.5. The van der Waals surface area contributed by atoms with Gasteiger partial charge in [-0.15, -0.1) is 11.3 Å². The molecule has 4 heteroatoms. The molecule has 0 radical (unpaired) electrons. The van der Waals surface area contributed by atoms with Gasteiger partial charge >= 0.3 is 0 Å². The molecule has 0 aromatic carbocycles. The number of rotatable bonds is 8. The normalized spacial score (nSPS) is 16.6. The Labute approximate surface area is 126 Å². The number of likely N-dealkylation sites (N-methyl/N-ethyl adjacent to an activating group) is 1. The Morgan fingerprint density at radius 2 is 2.11 bits per heavy atom. The van der Waals surface area contributed by atoms with Crippen molar-refractivity contribution in [3.8, 4) is 0 Å². The van der Waals surface area contributed by atoms with E-state index in [2.05, 4.69) is 38.8 Å². The van der Waals surface area contributed by atoms with Crippen molar-refractivity contribution in [3.05, 3.63) is 21.3 Å². The fraction of sp³-hybridized carbons (Fsp3) is 0.733. The zero-order chi connectivity index (χ0) is 14.5. The van der Waals surface area contributed by atoms with Gasteiger partial charge in [0.2, 0.25) is 0 Å². The van der Waals surface area contributed by atoms with Crippen molar-refractivity contribution in [2.75, 3.05) is 13.6 Å². The van der Waals surface area contributed by atoms with Crippen LogP contribution in [0, 0.1) is 5.92 Å². The summed E-state index contributed by atoms with van der Waals surface area (Å²) >= 11 is 7.67. The van der Waals surface area contributed by atoms with Crippen LogP contribution < -0.4 is 5.73 Å². The van der Waals surface area contributed by atoms with E-state index >= 15 is 0 Å². The van der Waals surface area contributed by atoms with Crippen molar-refractivity contribution >= 4 is 22.9 Å². The van der Waals surface area contributed by atoms with Gasteiger partial charge in [-0.25, -0.2) is 0 Å². The fourth-order valence-electron chi connectivity index (χ4n) is 2.58. The molecule has 0 aliphatic rings. The van der Waals surface area contributed by atoms with Crippen LogP contribution >= 0.6 is 22.9 Å². The highest BCUT2D eigenvalue weighted by Crippen LogP contribution is 2.30. The molecule has 2 N–H and O–H groups in total. The first kappa shape index (κ1) is 17.0. The highest BCUT2D eigenvalue weighted by molar-refractivity contribution is 7.16. The van der Waals surface area contributed by atoms with Gasteiger partial charge in [0.15, 0.2) is 0 Å². The lowest BCUT2D eigenvalue weighted by molar-refractivity contribution is 0.0865. The van der Waals surface area contributed by atoms with Gasteiger partial charge in [0.25, 0.3) is 0 Å². The third-order valence-electron chi connectivity index (χ3n) is 4.30. The van der Waals surface area contributed by atoms with Gasteiger partial charge in [0.1, 0.15) is 0 Å². The maximum Gasteiger partial charge on any atom is 0.0931 e. The Kier molecular flexibility index (Phi) is 6.81. The summed E-state index contributed by atoms with van der Waals surface area (Å²) < 4.78 is 0.861. The number of nitrogens with zero attached hydrogens (tertiary/aromatic N) is 1. The second kappa shape index (κ2) is 7.63. The Bertz CT molecular complexity index is 374. The lowest BCUT2D eigenvalue weighted by Gasteiger charge is -2.42. The summed E-state index contributed by atoms with van der Waals surface area (Å²) in [6.45, 7) is 8.45. The molecule has 1 aromatic heterocycles. The number of nitrogens with two attached hydrogens (primary N) is 1. The lowest BCUT2D eigenvalue weighted by atomic mass is 9.83. The summed E-state index contributed by atoms with van der Waals surface area (Å²) in [5.74, 6) is 0.706. The first-order valence-corrected chi connectivity index (χ1v) is 8.32. The average Bonchev–Trinajstić information content (AvgIpc) is 2.81. The zero-order valence-electron chi connectivity index (χ0n) is 12.6. The Balaban J connectivity index is 2.79. The first-order chi connectivity index (χ1) is 8.97. The first-order valence-electron chi connectivity index (χ1n) is 7.13. The van der Waals surface area contributed by atoms with Crippen LogP contribution in [0.5, 0.6) is 0 Å². The van der Waals surface area contributed by atoms with Gasteiger partial charge in [-0.2, -0.15) is 0 Å². The number of halogens is 1. The van der Waals surface area contributed by atoms with Gasteiger partial charge in [-0.3, -0.25) is 4.90 Å². The molecular formula is C15H27ClN2S. The third-order valence-corrected chi connectivity index (χ3v) is 5.51. The molecule has 2 unspecified atom stereocenters. The molecular weight excluding hydrogens is 276 g/mol. The Morgan fingerprint density at radius 1 is 1.42 bits per heavy atom. The van der Waals surface area contributed by atoms with Crippen LogP contribution in [0.2, 0.25) is 4.34 Å². The van der Waals surface area contributed by atoms with Crippen LogP contribution in [-0.4, -0.2) is 24.0 Å². The molecule has 1 aromatic rings. The van der Waals surface area contributed by atoms with E-state index in [1.165, 1.54) is 11.3 Å².